The van der Waals surface area contributed by atoms with Gasteiger partial charge in [0, 0.05) is 13.1 Å². The fourth-order valence-corrected chi connectivity index (χ4v) is 2.04. The Labute approximate surface area is 119 Å². The lowest BCUT2D eigenvalue weighted by Gasteiger charge is -2.37. The summed E-state index contributed by atoms with van der Waals surface area (Å²) in [6, 6.07) is 0. The molecule has 0 aromatic rings. The van der Waals surface area contributed by atoms with Crippen molar-refractivity contribution in [1.82, 2.24) is 10.6 Å². The number of hydrogen-bond acceptors (Lipinski definition) is 2. The number of rotatable bonds is 8. The average molecular weight is 270 g/mol. The van der Waals surface area contributed by atoms with Crippen LogP contribution in [-0.2, 0) is 4.79 Å². The van der Waals surface area contributed by atoms with Crippen LogP contribution < -0.4 is 10.6 Å². The second-order valence-electron chi connectivity index (χ2n) is 7.29. The van der Waals surface area contributed by atoms with Gasteiger partial charge in [0.1, 0.15) is 0 Å². The molecule has 0 fully saturated rings. The predicted molar refractivity (Wildman–Crippen MR) is 83.2 cm³/mol. The fraction of sp³-hybridized carbons (Fsp3) is 0.938. The van der Waals surface area contributed by atoms with Crippen LogP contribution in [0.15, 0.2) is 0 Å². The van der Waals surface area contributed by atoms with Gasteiger partial charge < -0.3 is 10.6 Å². The maximum atomic E-state index is 12.3. The first kappa shape index (κ1) is 18.4. The molecule has 0 aliphatic heterocycles. The maximum absolute atomic E-state index is 12.3. The van der Waals surface area contributed by atoms with Gasteiger partial charge in [0.25, 0.3) is 0 Å². The molecule has 0 radical (unpaired) electrons. The average Bonchev–Trinajstić information content (AvgIpc) is 2.26. The summed E-state index contributed by atoms with van der Waals surface area (Å²) in [6.07, 6.45) is 0.854. The number of amides is 1. The summed E-state index contributed by atoms with van der Waals surface area (Å²) in [5.74, 6) is 1.18. The van der Waals surface area contributed by atoms with Crippen LogP contribution in [0.4, 0.5) is 0 Å². The van der Waals surface area contributed by atoms with Gasteiger partial charge in [0.2, 0.25) is 5.91 Å². The van der Waals surface area contributed by atoms with E-state index in [-0.39, 0.29) is 11.3 Å². The van der Waals surface area contributed by atoms with Gasteiger partial charge in [0.15, 0.2) is 0 Å². The Balaban J connectivity index is 4.82. The molecule has 0 aromatic heterocycles. The molecule has 1 atom stereocenters. The monoisotopic (exact) mass is 270 g/mol. The highest BCUT2D eigenvalue weighted by Crippen LogP contribution is 2.27. The van der Waals surface area contributed by atoms with Crippen molar-refractivity contribution in [2.45, 2.75) is 67.3 Å². The Morgan fingerprint density at radius 2 is 1.63 bits per heavy atom. The van der Waals surface area contributed by atoms with Crippen molar-refractivity contribution in [2.24, 2.45) is 17.3 Å². The van der Waals surface area contributed by atoms with E-state index >= 15 is 0 Å². The summed E-state index contributed by atoms with van der Waals surface area (Å²) < 4.78 is 0. The lowest BCUT2D eigenvalue weighted by Crippen LogP contribution is -2.57. The minimum absolute atomic E-state index is 0.114. The summed E-state index contributed by atoms with van der Waals surface area (Å²) in [5.41, 5.74) is -0.291. The topological polar surface area (TPSA) is 41.1 Å². The number of likely N-dealkylation sites (N-methyl/N-ethyl adjacent to an activating group) is 1. The Morgan fingerprint density at radius 1 is 1.11 bits per heavy atom. The van der Waals surface area contributed by atoms with Crippen molar-refractivity contribution in [3.63, 3.8) is 0 Å². The van der Waals surface area contributed by atoms with Gasteiger partial charge in [-0.3, -0.25) is 4.79 Å². The highest BCUT2D eigenvalue weighted by molar-refractivity contribution is 5.85. The summed E-state index contributed by atoms with van der Waals surface area (Å²) in [6.45, 7) is 18.8. The molecule has 1 amide bonds. The molecule has 0 saturated carbocycles. The summed E-state index contributed by atoms with van der Waals surface area (Å²) >= 11 is 0. The van der Waals surface area contributed by atoms with E-state index in [0.29, 0.717) is 18.4 Å². The van der Waals surface area contributed by atoms with Crippen LogP contribution in [0.2, 0.25) is 0 Å². The van der Waals surface area contributed by atoms with E-state index in [1.54, 1.807) is 0 Å². The third kappa shape index (κ3) is 5.94. The van der Waals surface area contributed by atoms with Gasteiger partial charge in [-0.25, -0.2) is 0 Å². The molecule has 0 heterocycles. The van der Waals surface area contributed by atoms with E-state index in [0.717, 1.165) is 13.0 Å². The highest BCUT2D eigenvalue weighted by atomic mass is 16.2. The van der Waals surface area contributed by atoms with E-state index in [1.807, 2.05) is 13.8 Å². The molecule has 0 aromatic carbocycles. The summed E-state index contributed by atoms with van der Waals surface area (Å²) in [4.78, 5) is 12.3. The normalized spacial score (nSPS) is 15.7. The van der Waals surface area contributed by atoms with Crippen LogP contribution >= 0.6 is 0 Å². The summed E-state index contributed by atoms with van der Waals surface area (Å²) in [5, 5.41) is 6.48. The zero-order valence-electron chi connectivity index (χ0n) is 14.2. The van der Waals surface area contributed by atoms with E-state index in [4.69, 9.17) is 0 Å². The molecule has 2 N–H and O–H groups in total. The Kier molecular flexibility index (Phi) is 7.06. The molecular formula is C16H34N2O. The molecule has 0 rings (SSSR count). The van der Waals surface area contributed by atoms with Crippen LogP contribution in [0.25, 0.3) is 0 Å². The van der Waals surface area contributed by atoms with Crippen LogP contribution in [0, 0.1) is 17.3 Å². The zero-order chi connectivity index (χ0) is 15.3. The molecule has 3 heteroatoms. The second kappa shape index (κ2) is 7.28. The van der Waals surface area contributed by atoms with Gasteiger partial charge in [-0.1, -0.05) is 41.5 Å². The lowest BCUT2D eigenvalue weighted by atomic mass is 9.79. The SMILES string of the molecule is CCNC(=O)C(C)(CC(C)C)NCC(C)(C)C(C)C. The quantitative estimate of drug-likeness (QED) is 0.711. The van der Waals surface area contributed by atoms with Crippen molar-refractivity contribution < 1.29 is 4.79 Å². The molecule has 0 aliphatic rings. The highest BCUT2D eigenvalue weighted by Gasteiger charge is 2.35. The number of carbonyl (C=O) groups is 1. The molecule has 0 bridgehead atoms. The van der Waals surface area contributed by atoms with Crippen LogP contribution in [0.5, 0.6) is 0 Å². The number of nitrogens with one attached hydrogen (secondary N) is 2. The minimum atomic E-state index is -0.476. The largest absolute Gasteiger partial charge is 0.355 e. The van der Waals surface area contributed by atoms with E-state index in [2.05, 4.69) is 52.2 Å². The standard InChI is InChI=1S/C16H34N2O/c1-9-17-14(19)16(8,10-12(2)3)18-11-15(6,7)13(4)5/h12-13,18H,9-11H2,1-8H3,(H,17,19). The number of hydrogen-bond donors (Lipinski definition) is 2. The zero-order valence-corrected chi connectivity index (χ0v) is 14.2. The molecule has 3 nitrogen and oxygen atoms in total. The minimum Gasteiger partial charge on any atom is -0.355 e. The molecule has 0 aliphatic carbocycles. The Morgan fingerprint density at radius 3 is 2.00 bits per heavy atom. The summed E-state index contributed by atoms with van der Waals surface area (Å²) in [7, 11) is 0. The van der Waals surface area contributed by atoms with Gasteiger partial charge in [-0.05, 0) is 37.5 Å². The first-order chi connectivity index (χ1) is 8.55. The molecule has 19 heavy (non-hydrogen) atoms. The van der Waals surface area contributed by atoms with Gasteiger partial charge >= 0.3 is 0 Å². The second-order valence-corrected chi connectivity index (χ2v) is 7.29. The number of carbonyl (C=O) groups excluding carboxylic acids is 1. The van der Waals surface area contributed by atoms with Crippen molar-refractivity contribution in [2.75, 3.05) is 13.1 Å². The van der Waals surface area contributed by atoms with E-state index in [1.165, 1.54) is 0 Å². The first-order valence-electron chi connectivity index (χ1n) is 7.58. The molecule has 0 spiro atoms. The van der Waals surface area contributed by atoms with Crippen molar-refractivity contribution in [3.8, 4) is 0 Å². The third-order valence-corrected chi connectivity index (χ3v) is 4.15. The maximum Gasteiger partial charge on any atom is 0.240 e. The van der Waals surface area contributed by atoms with Gasteiger partial charge in [-0.15, -0.1) is 0 Å². The van der Waals surface area contributed by atoms with Crippen LogP contribution in [-0.4, -0.2) is 24.5 Å². The third-order valence-electron chi connectivity index (χ3n) is 4.15. The smallest absolute Gasteiger partial charge is 0.240 e. The fourth-order valence-electron chi connectivity index (χ4n) is 2.04. The molecule has 1 unspecified atom stereocenters. The lowest BCUT2D eigenvalue weighted by molar-refractivity contribution is -0.127. The molecular weight excluding hydrogens is 236 g/mol. The van der Waals surface area contributed by atoms with Crippen LogP contribution in [0.1, 0.15) is 61.8 Å². The molecule has 0 saturated heterocycles. The Bertz CT molecular complexity index is 284. The predicted octanol–water partition coefficient (Wildman–Crippen LogP) is 3.20. The van der Waals surface area contributed by atoms with Crippen molar-refractivity contribution in [3.05, 3.63) is 0 Å². The first-order valence-corrected chi connectivity index (χ1v) is 7.58. The van der Waals surface area contributed by atoms with Crippen molar-refractivity contribution >= 4 is 5.91 Å². The Hall–Kier alpha value is -0.570. The van der Waals surface area contributed by atoms with Gasteiger partial charge in [0.05, 0.1) is 5.54 Å². The van der Waals surface area contributed by atoms with E-state index < -0.39 is 5.54 Å². The van der Waals surface area contributed by atoms with Crippen LogP contribution in [0.3, 0.4) is 0 Å². The van der Waals surface area contributed by atoms with E-state index in [9.17, 15) is 4.79 Å². The van der Waals surface area contributed by atoms with Gasteiger partial charge in [-0.2, -0.15) is 0 Å². The molecule has 114 valence electrons. The van der Waals surface area contributed by atoms with Crippen molar-refractivity contribution in [1.29, 1.82) is 0 Å².